The maximum Gasteiger partial charge on any atom is 0.416 e. The van der Waals surface area contributed by atoms with E-state index in [-0.39, 0.29) is 12.1 Å². The molecule has 3 rings (SSSR count). The number of halogens is 3. The lowest BCUT2D eigenvalue weighted by atomic mass is 10.1. The Balaban J connectivity index is 1.76. The average Bonchev–Trinajstić information content (AvgIpc) is 3.27. The summed E-state index contributed by atoms with van der Waals surface area (Å²) in [6.07, 6.45) is 1.18. The van der Waals surface area contributed by atoms with Crippen molar-refractivity contribution in [2.24, 2.45) is 0 Å². The molecule has 1 heterocycles. The molecule has 1 aromatic heterocycles. The second-order valence-electron chi connectivity index (χ2n) is 7.62. The van der Waals surface area contributed by atoms with Crippen LogP contribution in [0.25, 0.3) is 0 Å². The molecule has 0 aliphatic rings. The SMILES string of the molecule is C=CCNC(=S)N(CCc1cncn1Cc1ccc(C#N)cc1)Cc1ccccc1C(F)(F)F. The Labute approximate surface area is 202 Å². The first-order valence-corrected chi connectivity index (χ1v) is 11.0. The van der Waals surface area contributed by atoms with Crippen LogP contribution in [0, 0.1) is 11.3 Å². The molecule has 5 nitrogen and oxygen atoms in total. The molecule has 2 aromatic carbocycles. The third-order valence-corrected chi connectivity index (χ3v) is 5.64. The monoisotopic (exact) mass is 483 g/mol. The van der Waals surface area contributed by atoms with Gasteiger partial charge in [0, 0.05) is 44.5 Å². The molecule has 0 atom stereocenters. The predicted molar refractivity (Wildman–Crippen MR) is 129 cm³/mol. The third kappa shape index (κ3) is 6.68. The second kappa shape index (κ2) is 11.5. The number of rotatable bonds is 9. The molecular formula is C25H24F3N5S. The second-order valence-corrected chi connectivity index (χ2v) is 8.01. The van der Waals surface area contributed by atoms with Gasteiger partial charge < -0.3 is 14.8 Å². The van der Waals surface area contributed by atoms with Crippen molar-refractivity contribution >= 4 is 17.3 Å². The van der Waals surface area contributed by atoms with E-state index >= 15 is 0 Å². The summed E-state index contributed by atoms with van der Waals surface area (Å²) in [6.45, 7) is 5.04. The van der Waals surface area contributed by atoms with Crippen LogP contribution in [0.1, 0.15) is 27.9 Å². The number of hydrogen-bond donors (Lipinski definition) is 1. The van der Waals surface area contributed by atoms with Gasteiger partial charge in [-0.15, -0.1) is 6.58 Å². The van der Waals surface area contributed by atoms with Gasteiger partial charge in [0.1, 0.15) is 0 Å². The molecule has 176 valence electrons. The maximum atomic E-state index is 13.5. The summed E-state index contributed by atoms with van der Waals surface area (Å²) in [5, 5.41) is 12.3. The lowest BCUT2D eigenvalue weighted by Crippen LogP contribution is -2.41. The number of nitriles is 1. The summed E-state index contributed by atoms with van der Waals surface area (Å²) in [5.74, 6) is 0. The van der Waals surface area contributed by atoms with Crippen molar-refractivity contribution in [2.45, 2.75) is 25.7 Å². The highest BCUT2D eigenvalue weighted by Crippen LogP contribution is 2.32. The Morgan fingerprint density at radius 2 is 1.94 bits per heavy atom. The van der Waals surface area contributed by atoms with Gasteiger partial charge in [-0.05, 0) is 41.5 Å². The highest BCUT2D eigenvalue weighted by Gasteiger charge is 2.33. The zero-order valence-corrected chi connectivity index (χ0v) is 19.2. The number of thiocarbonyl (C=S) groups is 1. The van der Waals surface area contributed by atoms with Crippen LogP contribution in [-0.4, -0.2) is 32.7 Å². The fourth-order valence-corrected chi connectivity index (χ4v) is 3.73. The van der Waals surface area contributed by atoms with Crippen molar-refractivity contribution in [3.8, 4) is 6.07 Å². The molecule has 0 radical (unpaired) electrons. The van der Waals surface area contributed by atoms with Crippen LogP contribution in [0.15, 0.2) is 73.7 Å². The van der Waals surface area contributed by atoms with E-state index in [1.807, 2.05) is 16.7 Å². The standard InChI is InChI=1S/C25H24F3N5S/c1-2-12-31-24(34)32(17-21-5-3-4-6-23(21)25(26,27)28)13-11-22-15-30-18-33(22)16-20-9-7-19(14-29)8-10-20/h2-10,15,18H,1,11-13,16-17H2,(H,31,34). The molecule has 3 aromatic rings. The van der Waals surface area contributed by atoms with Crippen molar-refractivity contribution in [3.63, 3.8) is 0 Å². The summed E-state index contributed by atoms with van der Waals surface area (Å²) >= 11 is 5.47. The predicted octanol–water partition coefficient (Wildman–Crippen LogP) is 4.93. The zero-order chi connectivity index (χ0) is 24.6. The van der Waals surface area contributed by atoms with Gasteiger partial charge in [-0.3, -0.25) is 0 Å². The first-order chi connectivity index (χ1) is 16.3. The van der Waals surface area contributed by atoms with Crippen molar-refractivity contribution in [1.29, 1.82) is 5.26 Å². The lowest BCUT2D eigenvalue weighted by Gasteiger charge is -2.27. The minimum absolute atomic E-state index is 0.0163. The minimum Gasteiger partial charge on any atom is -0.359 e. The van der Waals surface area contributed by atoms with Crippen LogP contribution in [-0.2, 0) is 25.7 Å². The maximum absolute atomic E-state index is 13.5. The van der Waals surface area contributed by atoms with Crippen LogP contribution in [0.5, 0.6) is 0 Å². The molecule has 0 unspecified atom stereocenters. The number of nitrogens with zero attached hydrogens (tertiary/aromatic N) is 4. The summed E-state index contributed by atoms with van der Waals surface area (Å²) in [4.78, 5) is 5.96. The van der Waals surface area contributed by atoms with E-state index in [9.17, 15) is 13.2 Å². The highest BCUT2D eigenvalue weighted by molar-refractivity contribution is 7.80. The van der Waals surface area contributed by atoms with Crippen molar-refractivity contribution in [2.75, 3.05) is 13.1 Å². The molecule has 0 fully saturated rings. The molecule has 0 amide bonds. The first-order valence-electron chi connectivity index (χ1n) is 10.6. The zero-order valence-electron chi connectivity index (χ0n) is 18.4. The Hall–Kier alpha value is -3.64. The van der Waals surface area contributed by atoms with Crippen molar-refractivity contribution in [1.82, 2.24) is 19.8 Å². The topological polar surface area (TPSA) is 56.9 Å². The number of nitrogens with one attached hydrogen (secondary N) is 1. The summed E-state index contributed by atoms with van der Waals surface area (Å²) in [6, 6.07) is 14.9. The lowest BCUT2D eigenvalue weighted by molar-refractivity contribution is -0.138. The van der Waals surface area contributed by atoms with Crippen molar-refractivity contribution < 1.29 is 13.2 Å². The van der Waals surface area contributed by atoms with Gasteiger partial charge in [-0.2, -0.15) is 18.4 Å². The van der Waals surface area contributed by atoms with Gasteiger partial charge in [0.25, 0.3) is 0 Å². The number of benzene rings is 2. The molecule has 0 spiro atoms. The van der Waals surface area contributed by atoms with E-state index in [1.54, 1.807) is 41.7 Å². The molecule has 0 saturated carbocycles. The smallest absolute Gasteiger partial charge is 0.359 e. The van der Waals surface area contributed by atoms with Crippen LogP contribution in [0.3, 0.4) is 0 Å². The van der Waals surface area contributed by atoms with Gasteiger partial charge in [0.2, 0.25) is 0 Å². The summed E-state index contributed by atoms with van der Waals surface area (Å²) in [7, 11) is 0. The van der Waals surface area contributed by atoms with E-state index in [1.165, 1.54) is 12.1 Å². The first kappa shape index (κ1) is 25.0. The van der Waals surface area contributed by atoms with Crippen LogP contribution in [0.4, 0.5) is 13.2 Å². The number of aromatic nitrogens is 2. The molecular weight excluding hydrogens is 459 g/mol. The fourth-order valence-electron chi connectivity index (χ4n) is 3.49. The van der Waals surface area contributed by atoms with Gasteiger partial charge in [-0.1, -0.05) is 36.4 Å². The fraction of sp³-hybridized carbons (Fsp3) is 0.240. The van der Waals surface area contributed by atoms with Crippen molar-refractivity contribution in [3.05, 3.63) is 102 Å². The highest BCUT2D eigenvalue weighted by atomic mass is 32.1. The Morgan fingerprint density at radius 3 is 2.62 bits per heavy atom. The summed E-state index contributed by atoms with van der Waals surface area (Å²) < 4.78 is 42.5. The quantitative estimate of drug-likeness (QED) is 0.346. The van der Waals surface area contributed by atoms with Crippen LogP contribution >= 0.6 is 12.2 Å². The molecule has 0 saturated heterocycles. The van der Waals surface area contributed by atoms with E-state index in [0.717, 1.165) is 17.3 Å². The normalized spacial score (nSPS) is 11.0. The van der Waals surface area contributed by atoms with E-state index in [0.29, 0.717) is 36.7 Å². The molecule has 1 N–H and O–H groups in total. The van der Waals surface area contributed by atoms with Gasteiger partial charge in [0.15, 0.2) is 5.11 Å². The van der Waals surface area contributed by atoms with Gasteiger partial charge in [-0.25, -0.2) is 4.98 Å². The third-order valence-electron chi connectivity index (χ3n) is 5.24. The number of hydrogen-bond acceptors (Lipinski definition) is 3. The Morgan fingerprint density at radius 1 is 1.21 bits per heavy atom. The molecule has 34 heavy (non-hydrogen) atoms. The molecule has 0 bridgehead atoms. The largest absolute Gasteiger partial charge is 0.416 e. The average molecular weight is 484 g/mol. The van der Waals surface area contributed by atoms with Gasteiger partial charge >= 0.3 is 6.18 Å². The number of alkyl halides is 3. The molecule has 9 heteroatoms. The summed E-state index contributed by atoms with van der Waals surface area (Å²) in [5.41, 5.74) is 2.01. The van der Waals surface area contributed by atoms with E-state index in [2.05, 4.69) is 22.9 Å². The Kier molecular flexibility index (Phi) is 8.44. The molecule has 0 aliphatic carbocycles. The number of imidazole rings is 1. The van der Waals surface area contributed by atoms with E-state index < -0.39 is 11.7 Å². The van der Waals surface area contributed by atoms with Crippen LogP contribution in [0.2, 0.25) is 0 Å². The Bertz CT molecular complexity index is 1160. The molecule has 0 aliphatic heterocycles. The van der Waals surface area contributed by atoms with E-state index in [4.69, 9.17) is 17.5 Å². The van der Waals surface area contributed by atoms with Crippen LogP contribution < -0.4 is 5.32 Å². The minimum atomic E-state index is -4.45. The van der Waals surface area contributed by atoms with Gasteiger partial charge in [0.05, 0.1) is 23.5 Å².